The first kappa shape index (κ1) is 24.3. The van der Waals surface area contributed by atoms with E-state index in [1.54, 1.807) is 7.11 Å². The van der Waals surface area contributed by atoms with Gasteiger partial charge in [0.05, 0.1) is 12.7 Å². The van der Waals surface area contributed by atoms with Crippen LogP contribution in [-0.4, -0.2) is 44.6 Å². The molecule has 0 atom stereocenters. The fourth-order valence-electron chi connectivity index (χ4n) is 4.50. The van der Waals surface area contributed by atoms with Crippen molar-refractivity contribution in [2.24, 2.45) is 0 Å². The van der Waals surface area contributed by atoms with Gasteiger partial charge < -0.3 is 20.3 Å². The van der Waals surface area contributed by atoms with Gasteiger partial charge in [-0.1, -0.05) is 48.0 Å². The number of anilines is 1. The van der Waals surface area contributed by atoms with Crippen molar-refractivity contribution in [3.05, 3.63) is 95.1 Å². The van der Waals surface area contributed by atoms with Crippen LogP contribution in [-0.2, 0) is 6.42 Å². The van der Waals surface area contributed by atoms with Crippen molar-refractivity contribution in [2.45, 2.75) is 32.2 Å². The van der Waals surface area contributed by atoms with Crippen molar-refractivity contribution in [3.63, 3.8) is 0 Å². The molecule has 4 rings (SSSR count). The highest BCUT2D eigenvalue weighted by molar-refractivity contribution is 6.00. The standard InChI is InChI=1S/C29H33N3O3/c1-21-11-13-23(14-12-21)28(33)31-24-16-19-32(20-17-24)26-9-5-4-8-25(26)29(34)30-18-15-22-7-3-6-10-27(22)35-2/h3-14,24H,15-20H2,1-2H3,(H,30,34)(H,31,33). The Hall–Kier alpha value is -3.80. The van der Waals surface area contributed by atoms with Gasteiger partial charge in [0, 0.05) is 36.9 Å². The minimum absolute atomic E-state index is 0.0294. The molecule has 1 saturated heterocycles. The molecule has 1 aliphatic rings. The maximum atomic E-state index is 13.0. The summed E-state index contributed by atoms with van der Waals surface area (Å²) in [5.74, 6) is 0.725. The molecular weight excluding hydrogens is 438 g/mol. The topological polar surface area (TPSA) is 70.7 Å². The lowest BCUT2D eigenvalue weighted by Crippen LogP contribution is -2.45. The number of nitrogens with zero attached hydrogens (tertiary/aromatic N) is 1. The average molecular weight is 472 g/mol. The number of hydrogen-bond acceptors (Lipinski definition) is 4. The summed E-state index contributed by atoms with van der Waals surface area (Å²) in [5.41, 5.74) is 4.50. The molecule has 0 spiro atoms. The fourth-order valence-corrected chi connectivity index (χ4v) is 4.50. The van der Waals surface area contributed by atoms with Crippen LogP contribution in [0.4, 0.5) is 5.69 Å². The minimum Gasteiger partial charge on any atom is -0.496 e. The molecule has 182 valence electrons. The third-order valence-corrected chi connectivity index (χ3v) is 6.51. The van der Waals surface area contributed by atoms with Crippen molar-refractivity contribution in [2.75, 3.05) is 31.6 Å². The van der Waals surface area contributed by atoms with Crippen molar-refractivity contribution in [1.82, 2.24) is 10.6 Å². The van der Waals surface area contributed by atoms with Crippen molar-refractivity contribution in [1.29, 1.82) is 0 Å². The van der Waals surface area contributed by atoms with Gasteiger partial charge in [0.2, 0.25) is 0 Å². The van der Waals surface area contributed by atoms with Crippen LogP contribution in [0, 0.1) is 6.92 Å². The molecule has 0 saturated carbocycles. The zero-order chi connectivity index (χ0) is 24.6. The Morgan fingerprint density at radius 2 is 1.60 bits per heavy atom. The molecule has 0 unspecified atom stereocenters. The molecule has 0 aliphatic carbocycles. The zero-order valence-corrected chi connectivity index (χ0v) is 20.4. The second-order valence-electron chi connectivity index (χ2n) is 8.94. The van der Waals surface area contributed by atoms with Gasteiger partial charge >= 0.3 is 0 Å². The van der Waals surface area contributed by atoms with Crippen LogP contribution in [0.3, 0.4) is 0 Å². The highest BCUT2D eigenvalue weighted by Crippen LogP contribution is 2.25. The van der Waals surface area contributed by atoms with E-state index in [1.165, 1.54) is 0 Å². The molecule has 0 aromatic heterocycles. The van der Waals surface area contributed by atoms with E-state index in [0.717, 1.165) is 48.5 Å². The SMILES string of the molecule is COc1ccccc1CCNC(=O)c1ccccc1N1CCC(NC(=O)c2ccc(C)cc2)CC1. The van der Waals surface area contributed by atoms with Crippen LogP contribution in [0.25, 0.3) is 0 Å². The molecule has 3 aromatic carbocycles. The summed E-state index contributed by atoms with van der Waals surface area (Å²) in [5, 5.41) is 6.22. The van der Waals surface area contributed by atoms with Gasteiger partial charge in [-0.2, -0.15) is 0 Å². The van der Waals surface area contributed by atoms with E-state index in [9.17, 15) is 9.59 Å². The predicted octanol–water partition coefficient (Wildman–Crippen LogP) is 4.37. The van der Waals surface area contributed by atoms with Crippen LogP contribution < -0.4 is 20.3 Å². The Balaban J connectivity index is 1.32. The van der Waals surface area contributed by atoms with Gasteiger partial charge in [-0.15, -0.1) is 0 Å². The van der Waals surface area contributed by atoms with E-state index in [2.05, 4.69) is 15.5 Å². The van der Waals surface area contributed by atoms with Gasteiger partial charge in [0.25, 0.3) is 11.8 Å². The van der Waals surface area contributed by atoms with E-state index in [1.807, 2.05) is 79.7 Å². The number of aryl methyl sites for hydroxylation is 1. The summed E-state index contributed by atoms with van der Waals surface area (Å²) in [6.07, 6.45) is 2.37. The van der Waals surface area contributed by atoms with Crippen LogP contribution in [0.15, 0.2) is 72.8 Å². The predicted molar refractivity (Wildman–Crippen MR) is 139 cm³/mol. The third-order valence-electron chi connectivity index (χ3n) is 6.51. The summed E-state index contributed by atoms with van der Waals surface area (Å²) in [7, 11) is 1.66. The molecule has 1 aliphatic heterocycles. The van der Waals surface area contributed by atoms with Crippen LogP contribution in [0.2, 0.25) is 0 Å². The van der Waals surface area contributed by atoms with E-state index in [-0.39, 0.29) is 17.9 Å². The molecule has 35 heavy (non-hydrogen) atoms. The second kappa shape index (κ2) is 11.6. The van der Waals surface area contributed by atoms with Crippen molar-refractivity contribution in [3.8, 4) is 5.75 Å². The van der Waals surface area contributed by atoms with Gasteiger partial charge in [0.1, 0.15) is 5.75 Å². The van der Waals surface area contributed by atoms with E-state index >= 15 is 0 Å². The largest absolute Gasteiger partial charge is 0.496 e. The van der Waals surface area contributed by atoms with E-state index < -0.39 is 0 Å². The number of para-hydroxylation sites is 2. The zero-order valence-electron chi connectivity index (χ0n) is 20.4. The van der Waals surface area contributed by atoms with Gasteiger partial charge in [-0.3, -0.25) is 9.59 Å². The molecule has 2 amide bonds. The molecule has 0 radical (unpaired) electrons. The normalized spacial score (nSPS) is 13.8. The summed E-state index contributed by atoms with van der Waals surface area (Å²) >= 11 is 0. The fraction of sp³-hybridized carbons (Fsp3) is 0.310. The first-order valence-electron chi connectivity index (χ1n) is 12.2. The molecule has 6 heteroatoms. The number of ether oxygens (including phenoxy) is 1. The number of rotatable bonds is 8. The number of carbonyl (C=O) groups is 2. The molecule has 3 aromatic rings. The molecule has 1 heterocycles. The number of hydrogen-bond donors (Lipinski definition) is 2. The minimum atomic E-state index is -0.0784. The van der Waals surface area contributed by atoms with Crippen LogP contribution in [0.1, 0.15) is 44.7 Å². The number of carbonyl (C=O) groups excluding carboxylic acids is 2. The van der Waals surface area contributed by atoms with Gasteiger partial charge in [0.15, 0.2) is 0 Å². The first-order chi connectivity index (χ1) is 17.0. The van der Waals surface area contributed by atoms with Crippen molar-refractivity contribution < 1.29 is 14.3 Å². The Morgan fingerprint density at radius 3 is 2.34 bits per heavy atom. The van der Waals surface area contributed by atoms with E-state index in [0.29, 0.717) is 24.1 Å². The Morgan fingerprint density at radius 1 is 0.914 bits per heavy atom. The lowest BCUT2D eigenvalue weighted by Gasteiger charge is -2.35. The Kier molecular flexibility index (Phi) is 8.03. The molecule has 0 bridgehead atoms. The number of piperidine rings is 1. The van der Waals surface area contributed by atoms with Crippen LogP contribution >= 0.6 is 0 Å². The quantitative estimate of drug-likeness (QED) is 0.512. The summed E-state index contributed by atoms with van der Waals surface area (Å²) in [6, 6.07) is 23.4. The highest BCUT2D eigenvalue weighted by atomic mass is 16.5. The van der Waals surface area contributed by atoms with Gasteiger partial charge in [-0.25, -0.2) is 0 Å². The summed E-state index contributed by atoms with van der Waals surface area (Å²) in [6.45, 7) is 4.10. The first-order valence-corrected chi connectivity index (χ1v) is 12.2. The summed E-state index contributed by atoms with van der Waals surface area (Å²) < 4.78 is 5.40. The molecule has 6 nitrogen and oxygen atoms in total. The lowest BCUT2D eigenvalue weighted by molar-refractivity contribution is 0.0929. The Bertz CT molecular complexity index is 1150. The number of nitrogens with one attached hydrogen (secondary N) is 2. The number of amides is 2. The Labute approximate surface area is 207 Å². The molecular formula is C29H33N3O3. The van der Waals surface area contributed by atoms with Gasteiger partial charge in [-0.05, 0) is 62.1 Å². The average Bonchev–Trinajstić information content (AvgIpc) is 2.89. The van der Waals surface area contributed by atoms with E-state index in [4.69, 9.17) is 4.74 Å². The third kappa shape index (κ3) is 6.21. The highest BCUT2D eigenvalue weighted by Gasteiger charge is 2.24. The maximum absolute atomic E-state index is 13.0. The maximum Gasteiger partial charge on any atom is 0.253 e. The van der Waals surface area contributed by atoms with Crippen molar-refractivity contribution >= 4 is 17.5 Å². The van der Waals surface area contributed by atoms with Crippen LogP contribution in [0.5, 0.6) is 5.75 Å². The lowest BCUT2D eigenvalue weighted by atomic mass is 10.0. The monoisotopic (exact) mass is 471 g/mol. The number of methoxy groups -OCH3 is 1. The molecule has 2 N–H and O–H groups in total. The molecule has 1 fully saturated rings. The smallest absolute Gasteiger partial charge is 0.253 e. The number of benzene rings is 3. The second-order valence-corrected chi connectivity index (χ2v) is 8.94. The summed E-state index contributed by atoms with van der Waals surface area (Å²) in [4.78, 5) is 27.8.